The van der Waals surface area contributed by atoms with Gasteiger partial charge >= 0.3 is 0 Å². The Morgan fingerprint density at radius 3 is 2.48 bits per heavy atom. The molecule has 6 heteroatoms. The number of carbonyl (C=O) groups excluding carboxylic acids is 1. The fourth-order valence-electron chi connectivity index (χ4n) is 3.50. The van der Waals surface area contributed by atoms with Crippen LogP contribution in [-0.4, -0.2) is 43.1 Å². The van der Waals surface area contributed by atoms with Crippen LogP contribution in [0.3, 0.4) is 0 Å². The van der Waals surface area contributed by atoms with Gasteiger partial charge in [0.05, 0.1) is 0 Å². The van der Waals surface area contributed by atoms with E-state index < -0.39 is 17.7 Å². The molecule has 0 radical (unpaired) electrons. The maximum absolute atomic E-state index is 13.2. The molecule has 4 nitrogen and oxygen atoms in total. The summed E-state index contributed by atoms with van der Waals surface area (Å²) in [5.41, 5.74) is 0. The fourth-order valence-corrected chi connectivity index (χ4v) is 3.50. The first-order valence-electron chi connectivity index (χ1n) is 8.16. The molecule has 0 spiro atoms. The minimum atomic E-state index is -0.975. The summed E-state index contributed by atoms with van der Waals surface area (Å²) < 4.78 is 31.6. The quantitative estimate of drug-likeness (QED) is 0.927. The third kappa shape index (κ3) is 3.63. The summed E-state index contributed by atoms with van der Waals surface area (Å²) >= 11 is 0. The van der Waals surface area contributed by atoms with Gasteiger partial charge in [-0.3, -0.25) is 4.79 Å². The maximum Gasteiger partial charge on any atom is 0.263 e. The molecule has 2 fully saturated rings. The molecule has 2 aliphatic rings. The monoisotopic (exact) mass is 324 g/mol. The zero-order valence-corrected chi connectivity index (χ0v) is 13.2. The van der Waals surface area contributed by atoms with Gasteiger partial charge < -0.3 is 15.0 Å². The van der Waals surface area contributed by atoms with Crippen molar-refractivity contribution in [1.29, 1.82) is 0 Å². The molecule has 1 unspecified atom stereocenters. The number of ether oxygens (including phenoxy) is 1. The minimum absolute atomic E-state index is 0.0948. The zero-order chi connectivity index (χ0) is 16.4. The van der Waals surface area contributed by atoms with Gasteiger partial charge in [-0.25, -0.2) is 8.78 Å². The maximum atomic E-state index is 13.2. The minimum Gasteiger partial charge on any atom is -0.481 e. The molecule has 0 bridgehead atoms. The summed E-state index contributed by atoms with van der Waals surface area (Å²) in [6, 6.07) is 3.31. The van der Waals surface area contributed by atoms with Crippen LogP contribution >= 0.6 is 0 Å². The van der Waals surface area contributed by atoms with E-state index in [2.05, 4.69) is 5.32 Å². The van der Waals surface area contributed by atoms with Crippen LogP contribution in [-0.2, 0) is 4.79 Å². The van der Waals surface area contributed by atoms with Crippen LogP contribution in [0.2, 0.25) is 0 Å². The number of hydrogen-bond acceptors (Lipinski definition) is 3. The van der Waals surface area contributed by atoms with Crippen molar-refractivity contribution in [3.63, 3.8) is 0 Å². The summed E-state index contributed by atoms with van der Waals surface area (Å²) in [5.74, 6) is -0.532. The lowest BCUT2D eigenvalue weighted by Gasteiger charge is -2.25. The lowest BCUT2D eigenvalue weighted by molar-refractivity contribution is -0.137. The lowest BCUT2D eigenvalue weighted by atomic mass is 9.92. The van der Waals surface area contributed by atoms with Crippen LogP contribution in [0.1, 0.15) is 19.8 Å². The first-order valence-corrected chi connectivity index (χ1v) is 8.16. The Balaban J connectivity index is 1.59. The summed E-state index contributed by atoms with van der Waals surface area (Å²) in [6.07, 6.45) is 1.29. The third-order valence-corrected chi connectivity index (χ3v) is 4.88. The third-order valence-electron chi connectivity index (χ3n) is 4.88. The van der Waals surface area contributed by atoms with E-state index in [0.717, 1.165) is 51.2 Å². The van der Waals surface area contributed by atoms with E-state index in [-0.39, 0.29) is 11.7 Å². The summed E-state index contributed by atoms with van der Waals surface area (Å²) in [5, 5.41) is 3.41. The van der Waals surface area contributed by atoms with Gasteiger partial charge in [0, 0.05) is 19.2 Å². The number of amides is 1. The highest BCUT2D eigenvalue weighted by Crippen LogP contribution is 2.27. The molecule has 23 heavy (non-hydrogen) atoms. The van der Waals surface area contributed by atoms with Crippen molar-refractivity contribution in [3.8, 4) is 5.75 Å². The Morgan fingerprint density at radius 1 is 1.22 bits per heavy atom. The molecule has 3 atom stereocenters. The second-order valence-corrected chi connectivity index (χ2v) is 6.42. The van der Waals surface area contributed by atoms with E-state index >= 15 is 0 Å². The molecule has 3 rings (SSSR count). The number of carbonyl (C=O) groups is 1. The molecule has 126 valence electrons. The highest BCUT2D eigenvalue weighted by Gasteiger charge is 2.32. The van der Waals surface area contributed by atoms with Crippen LogP contribution in [0, 0.1) is 23.5 Å². The van der Waals surface area contributed by atoms with Gasteiger partial charge in [-0.1, -0.05) is 0 Å². The van der Waals surface area contributed by atoms with Crippen LogP contribution in [0.25, 0.3) is 0 Å². The molecule has 0 saturated carbocycles. The van der Waals surface area contributed by atoms with Crippen LogP contribution in [0.4, 0.5) is 8.78 Å². The number of rotatable bonds is 3. The summed E-state index contributed by atoms with van der Waals surface area (Å²) in [7, 11) is 0. The SMILES string of the molecule is CC(Oc1ccc(F)c(F)c1)C(=O)N1CC[C@@H]2CNC[C@@H]2CC1. The van der Waals surface area contributed by atoms with E-state index in [1.165, 1.54) is 6.07 Å². The second-order valence-electron chi connectivity index (χ2n) is 6.42. The second kappa shape index (κ2) is 6.83. The number of benzene rings is 1. The standard InChI is InChI=1S/C17H22F2N2O2/c1-11(23-14-2-3-15(18)16(19)8-14)17(22)21-6-4-12-9-20-10-13(12)5-7-21/h2-3,8,11-13,20H,4-7,9-10H2,1H3/t11?,12-,13+. The van der Waals surface area contributed by atoms with Gasteiger partial charge in [0.15, 0.2) is 17.7 Å². The summed E-state index contributed by atoms with van der Waals surface area (Å²) in [6.45, 7) is 5.18. The first kappa shape index (κ1) is 16.2. The molecule has 0 aromatic heterocycles. The van der Waals surface area contributed by atoms with Gasteiger partial charge in [0.2, 0.25) is 0 Å². The topological polar surface area (TPSA) is 41.6 Å². The normalized spacial score (nSPS) is 25.6. The Hall–Kier alpha value is -1.69. The van der Waals surface area contributed by atoms with E-state index in [1.54, 1.807) is 6.92 Å². The molecule has 1 aromatic rings. The average molecular weight is 324 g/mol. The number of halogens is 2. The van der Waals surface area contributed by atoms with Gasteiger partial charge in [0.1, 0.15) is 5.75 Å². The Morgan fingerprint density at radius 2 is 1.87 bits per heavy atom. The van der Waals surface area contributed by atoms with Crippen molar-refractivity contribution in [2.75, 3.05) is 26.2 Å². The molecule has 0 aliphatic carbocycles. The van der Waals surface area contributed by atoms with Crippen molar-refractivity contribution in [3.05, 3.63) is 29.8 Å². The Bertz CT molecular complexity index is 568. The largest absolute Gasteiger partial charge is 0.481 e. The molecule has 1 N–H and O–H groups in total. The van der Waals surface area contributed by atoms with E-state index in [9.17, 15) is 13.6 Å². The van der Waals surface area contributed by atoms with Crippen molar-refractivity contribution >= 4 is 5.91 Å². The molecule has 2 aliphatic heterocycles. The smallest absolute Gasteiger partial charge is 0.263 e. The molecular formula is C17H22F2N2O2. The highest BCUT2D eigenvalue weighted by molar-refractivity contribution is 5.80. The number of nitrogens with one attached hydrogen (secondary N) is 1. The van der Waals surface area contributed by atoms with Gasteiger partial charge in [-0.05, 0) is 56.8 Å². The van der Waals surface area contributed by atoms with E-state index in [0.29, 0.717) is 11.8 Å². The Labute approximate surface area is 134 Å². The van der Waals surface area contributed by atoms with E-state index in [4.69, 9.17) is 4.74 Å². The predicted molar refractivity (Wildman–Crippen MR) is 82.1 cm³/mol. The summed E-state index contributed by atoms with van der Waals surface area (Å²) in [4.78, 5) is 14.4. The van der Waals surface area contributed by atoms with Crippen molar-refractivity contribution in [2.24, 2.45) is 11.8 Å². The zero-order valence-electron chi connectivity index (χ0n) is 13.2. The van der Waals surface area contributed by atoms with E-state index in [1.807, 2.05) is 4.90 Å². The van der Waals surface area contributed by atoms with Gasteiger partial charge in [-0.15, -0.1) is 0 Å². The fraction of sp³-hybridized carbons (Fsp3) is 0.588. The highest BCUT2D eigenvalue weighted by atomic mass is 19.2. The van der Waals surface area contributed by atoms with Crippen LogP contribution in [0.5, 0.6) is 5.75 Å². The number of hydrogen-bond donors (Lipinski definition) is 1. The number of fused-ring (bicyclic) bond motifs is 1. The molecule has 1 amide bonds. The van der Waals surface area contributed by atoms with Crippen LogP contribution < -0.4 is 10.1 Å². The number of nitrogens with zero attached hydrogens (tertiary/aromatic N) is 1. The lowest BCUT2D eigenvalue weighted by Crippen LogP contribution is -2.41. The first-order chi connectivity index (χ1) is 11.0. The van der Waals surface area contributed by atoms with Crippen molar-refractivity contribution in [2.45, 2.75) is 25.9 Å². The van der Waals surface area contributed by atoms with Gasteiger partial charge in [-0.2, -0.15) is 0 Å². The van der Waals surface area contributed by atoms with Crippen molar-refractivity contribution < 1.29 is 18.3 Å². The Kier molecular flexibility index (Phi) is 4.80. The van der Waals surface area contributed by atoms with Gasteiger partial charge in [0.25, 0.3) is 5.91 Å². The predicted octanol–water partition coefficient (Wildman–Crippen LogP) is 2.19. The number of likely N-dealkylation sites (tertiary alicyclic amines) is 1. The molecule has 2 saturated heterocycles. The molecule has 2 heterocycles. The molecular weight excluding hydrogens is 302 g/mol. The average Bonchev–Trinajstić information content (AvgIpc) is 2.89. The van der Waals surface area contributed by atoms with Crippen molar-refractivity contribution in [1.82, 2.24) is 10.2 Å². The molecule has 1 aromatic carbocycles. The van der Waals surface area contributed by atoms with Crippen LogP contribution in [0.15, 0.2) is 18.2 Å².